The van der Waals surface area contributed by atoms with Crippen LogP contribution < -0.4 is 14.7 Å². The third kappa shape index (κ3) is 15.7. The summed E-state index contributed by atoms with van der Waals surface area (Å²) in [5.74, 6) is 0.304. The highest BCUT2D eigenvalue weighted by atomic mass is 17.9. The van der Waals surface area contributed by atoms with Gasteiger partial charge in [-0.05, 0) is 253 Å². The van der Waals surface area contributed by atoms with E-state index in [1.54, 1.807) is 6.07 Å². The van der Waals surface area contributed by atoms with Gasteiger partial charge in [0.15, 0.2) is 5.75 Å². The van der Waals surface area contributed by atoms with Gasteiger partial charge in [0.2, 0.25) is 0 Å². The first-order valence-corrected chi connectivity index (χ1v) is 33.0. The lowest BCUT2D eigenvalue weighted by atomic mass is 9.84. The SMILES string of the molecule is CCCCCCCCCCc1ccc2cc(-c3c4ccc(N(c5ccc(C(C)(C)C)cc5)c5cc(C)ccc5C)cc4c(-c4ccc5cc(OOOOOOOOOO)ccc5c4)c4ccc(N(c5ccc(C(C)(C)C)cc5)c5ccc(C(C)(C)C)cc5)cc34)ccc2c1. The summed E-state index contributed by atoms with van der Waals surface area (Å²) < 4.78 is 0. The Morgan fingerprint density at radius 1 is 0.351 bits per heavy atom. The Labute approximate surface area is 553 Å². The van der Waals surface area contributed by atoms with Crippen molar-refractivity contribution in [1.29, 1.82) is 0 Å². The molecule has 0 aliphatic carbocycles. The van der Waals surface area contributed by atoms with Crippen LogP contribution in [0.25, 0.3) is 65.3 Å². The van der Waals surface area contributed by atoms with Crippen molar-refractivity contribution in [3.8, 4) is 28.0 Å². The van der Waals surface area contributed by atoms with Gasteiger partial charge in [0.25, 0.3) is 0 Å². The quantitative estimate of drug-likeness (QED) is 0.0241. The van der Waals surface area contributed by atoms with Crippen LogP contribution >= 0.6 is 0 Å². The first-order chi connectivity index (χ1) is 45.2. The van der Waals surface area contributed by atoms with Crippen LogP contribution in [-0.2, 0) is 63.0 Å². The summed E-state index contributed by atoms with van der Waals surface area (Å²) >= 11 is 0. The van der Waals surface area contributed by atoms with E-state index in [9.17, 15) is 0 Å². The molecule has 0 spiro atoms. The van der Waals surface area contributed by atoms with Gasteiger partial charge in [-0.25, -0.2) is 5.26 Å². The highest BCUT2D eigenvalue weighted by Crippen LogP contribution is 2.50. The molecule has 0 radical (unpaired) electrons. The fourth-order valence-corrected chi connectivity index (χ4v) is 12.9. The number of aryl methyl sites for hydroxylation is 3. The van der Waals surface area contributed by atoms with E-state index in [1.807, 2.05) is 12.1 Å². The molecule has 0 fully saturated rings. The van der Waals surface area contributed by atoms with Gasteiger partial charge < -0.3 is 14.7 Å². The number of anilines is 6. The fraction of sp³-hybridized carbons (Fsp3) is 0.293. The van der Waals surface area contributed by atoms with E-state index in [0.29, 0.717) is 5.75 Å². The van der Waals surface area contributed by atoms with Crippen LogP contribution in [-0.4, -0.2) is 5.26 Å². The molecule has 11 aromatic rings. The lowest BCUT2D eigenvalue weighted by molar-refractivity contribution is -0.840. The monoisotopic (exact) mass is 1260 g/mol. The number of unbranched alkanes of at least 4 members (excludes halogenated alkanes) is 7. The molecular weight excluding hydrogens is 1170 g/mol. The summed E-state index contributed by atoms with van der Waals surface area (Å²) in [5, 5.41) is 48.8. The lowest BCUT2D eigenvalue weighted by Gasteiger charge is -2.30. The van der Waals surface area contributed by atoms with Gasteiger partial charge in [-0.1, -0.05) is 223 Å². The minimum absolute atomic E-state index is 0.0241. The van der Waals surface area contributed by atoms with E-state index >= 15 is 0 Å². The van der Waals surface area contributed by atoms with Gasteiger partial charge in [-0.15, -0.1) is 0 Å². The predicted octanol–water partition coefficient (Wildman–Crippen LogP) is 24.1. The fourth-order valence-electron chi connectivity index (χ4n) is 12.9. The molecule has 0 aromatic heterocycles. The van der Waals surface area contributed by atoms with Crippen LogP contribution in [0.3, 0.4) is 0 Å². The molecule has 94 heavy (non-hydrogen) atoms. The van der Waals surface area contributed by atoms with Crippen LogP contribution in [0.1, 0.15) is 154 Å². The van der Waals surface area contributed by atoms with Crippen molar-refractivity contribution in [2.75, 3.05) is 9.80 Å². The molecule has 1 N–H and O–H groups in total. The Morgan fingerprint density at radius 3 is 1.29 bits per heavy atom. The third-order valence-electron chi connectivity index (χ3n) is 18.1. The van der Waals surface area contributed by atoms with Crippen LogP contribution in [0.2, 0.25) is 0 Å². The van der Waals surface area contributed by atoms with E-state index in [4.69, 9.17) is 15.2 Å². The first-order valence-electron chi connectivity index (χ1n) is 33.0. The van der Waals surface area contributed by atoms with Crippen LogP contribution in [0.5, 0.6) is 5.75 Å². The van der Waals surface area contributed by atoms with Gasteiger partial charge in [0.1, 0.15) is 0 Å². The molecule has 0 amide bonds. The number of benzene rings is 11. The molecule has 12 heteroatoms. The molecule has 11 aromatic carbocycles. The van der Waals surface area contributed by atoms with Gasteiger partial charge in [0.05, 0.1) is 0 Å². The molecule has 0 aliphatic heterocycles. The molecule has 11 rings (SSSR count). The van der Waals surface area contributed by atoms with Crippen molar-refractivity contribution in [2.45, 2.75) is 157 Å². The second-order valence-electron chi connectivity index (χ2n) is 28.0. The second kappa shape index (κ2) is 29.4. The zero-order chi connectivity index (χ0) is 66.2. The zero-order valence-electron chi connectivity index (χ0n) is 56.4. The first kappa shape index (κ1) is 66.9. The number of nitrogens with zero attached hydrogens (tertiary/aromatic N) is 2. The van der Waals surface area contributed by atoms with Crippen molar-refractivity contribution in [3.05, 3.63) is 234 Å². The minimum atomic E-state index is -0.0256. The second-order valence-corrected chi connectivity index (χ2v) is 28.0. The number of hydrogen-bond donors (Lipinski definition) is 1. The largest absolute Gasteiger partial charge is 0.310 e. The maximum atomic E-state index is 8.16. The van der Waals surface area contributed by atoms with Crippen molar-refractivity contribution < 1.29 is 50.5 Å². The lowest BCUT2D eigenvalue weighted by Crippen LogP contribution is -2.14. The maximum Gasteiger partial charge on any atom is 0.169 e. The van der Waals surface area contributed by atoms with Crippen LogP contribution in [0.15, 0.2) is 200 Å². The zero-order valence-corrected chi connectivity index (χ0v) is 56.4. The van der Waals surface area contributed by atoms with E-state index < -0.39 is 0 Å². The molecule has 486 valence electrons. The molecule has 0 bridgehead atoms. The Morgan fingerprint density at radius 2 is 0.777 bits per heavy atom. The number of fused-ring (bicyclic) bond motifs is 4. The van der Waals surface area contributed by atoms with E-state index in [1.165, 1.54) is 95.5 Å². The summed E-state index contributed by atoms with van der Waals surface area (Å²) in [7, 11) is 0. The molecule has 0 atom stereocenters. The average molecular weight is 1260 g/mol. The van der Waals surface area contributed by atoms with Crippen molar-refractivity contribution in [2.24, 2.45) is 0 Å². The van der Waals surface area contributed by atoms with Crippen molar-refractivity contribution >= 4 is 77.2 Å². The Hall–Kier alpha value is -8.50. The third-order valence-corrected chi connectivity index (χ3v) is 18.1. The molecule has 0 saturated heterocycles. The molecule has 0 saturated carbocycles. The van der Waals surface area contributed by atoms with Gasteiger partial charge >= 0.3 is 0 Å². The molecule has 12 nitrogen and oxygen atoms in total. The highest BCUT2D eigenvalue weighted by Gasteiger charge is 2.26. The molecule has 0 unspecified atom stereocenters. The normalized spacial score (nSPS) is 12.2. The van der Waals surface area contributed by atoms with Gasteiger partial charge in [0, 0.05) is 54.3 Å². The highest BCUT2D eigenvalue weighted by molar-refractivity contribution is 6.23. The Balaban J connectivity index is 1.13. The van der Waals surface area contributed by atoms with Gasteiger partial charge in [-0.2, -0.15) is 0 Å². The predicted molar refractivity (Wildman–Crippen MR) is 381 cm³/mol. The minimum Gasteiger partial charge on any atom is -0.310 e. The standard InChI is InChI=1S/C82H88N2O10/c1-13-14-15-16-17-18-19-20-21-57-24-25-59-50-62(28-26-58(59)49-57)78-74-47-44-71(84(77-48-55(2)22-23-56(77)3)69-41-35-66(36-42-69)82(10,11)12)54-76(74)79(63-29-27-61-52-72(45-30-60(61)51-63)86-88-90-92-94-93-91-89-87-85)73-46-43-70(53-75(73)78)83(67-37-31-64(32-38-67)80(4,5)6)68-39-33-65(34-40-68)81(7,8)9/h22-54,85H,13-21H2,1-12H3. The smallest absolute Gasteiger partial charge is 0.169 e. The van der Waals surface area contributed by atoms with E-state index in [-0.39, 0.29) is 16.2 Å². The Kier molecular flexibility index (Phi) is 21.0. The van der Waals surface area contributed by atoms with E-state index in [0.717, 1.165) is 95.1 Å². The molecule has 0 heterocycles. The topological polar surface area (TPSA) is 110 Å². The number of rotatable bonds is 26. The summed E-state index contributed by atoms with van der Waals surface area (Å²) in [5.41, 5.74) is 18.2. The average Bonchev–Trinajstić information content (AvgIpc) is 0.721. The maximum absolute atomic E-state index is 8.16. The molecule has 0 aliphatic rings. The summed E-state index contributed by atoms with van der Waals surface area (Å²) in [6.07, 6.45) is 11.5. The Bertz CT molecular complexity index is 4340. The van der Waals surface area contributed by atoms with Gasteiger partial charge in [-0.3, -0.25) is 0 Å². The van der Waals surface area contributed by atoms with Crippen LogP contribution in [0, 0.1) is 13.8 Å². The molecular formula is C82H88N2O10. The summed E-state index contributed by atoms with van der Waals surface area (Å²) in [6.45, 7) is 27.0. The van der Waals surface area contributed by atoms with Crippen LogP contribution in [0.4, 0.5) is 34.1 Å². The number of hydrogen-bond acceptors (Lipinski definition) is 12. The summed E-state index contributed by atoms with van der Waals surface area (Å²) in [6, 6.07) is 74.4. The van der Waals surface area contributed by atoms with E-state index in [2.05, 4.69) is 310 Å². The summed E-state index contributed by atoms with van der Waals surface area (Å²) in [4.78, 5) is 10.2. The van der Waals surface area contributed by atoms with Crippen molar-refractivity contribution in [3.63, 3.8) is 0 Å². The van der Waals surface area contributed by atoms with Crippen molar-refractivity contribution in [1.82, 2.24) is 0 Å².